The molecule has 2 N–H and O–H groups in total. The first-order valence-electron chi connectivity index (χ1n) is 7.43. The lowest BCUT2D eigenvalue weighted by molar-refractivity contribution is 0.0461. The number of nitrogens with two attached hydrogens (primary N) is 1. The highest BCUT2D eigenvalue weighted by molar-refractivity contribution is 7.21. The number of carbonyl (C=O) groups is 1. The van der Waals surface area contributed by atoms with Gasteiger partial charge in [-0.2, -0.15) is 0 Å². The second-order valence-electron chi connectivity index (χ2n) is 6.21. The molecule has 2 aromatic heterocycles. The number of amides is 1. The number of nitrogens with zero attached hydrogens (tertiary/aromatic N) is 2. The molecular formula is C16H21N3OS. The molecule has 1 fully saturated rings. The maximum Gasteiger partial charge on any atom is 0.266 e. The van der Waals surface area contributed by atoms with Gasteiger partial charge in [0.05, 0.1) is 10.4 Å². The molecule has 0 bridgehead atoms. The number of pyridine rings is 1. The zero-order valence-electron chi connectivity index (χ0n) is 12.7. The van der Waals surface area contributed by atoms with E-state index in [0.717, 1.165) is 16.8 Å². The SMILES string of the molecule is CC1CC(C)C(C)N(C(=O)c2sc3cccnc3c2N)C1. The van der Waals surface area contributed by atoms with Gasteiger partial charge in [0, 0.05) is 18.8 Å². The molecular weight excluding hydrogens is 282 g/mol. The summed E-state index contributed by atoms with van der Waals surface area (Å²) >= 11 is 1.45. The summed E-state index contributed by atoms with van der Waals surface area (Å²) < 4.78 is 0.976. The van der Waals surface area contributed by atoms with Crippen LogP contribution in [0.2, 0.25) is 0 Å². The van der Waals surface area contributed by atoms with E-state index in [9.17, 15) is 4.79 Å². The van der Waals surface area contributed by atoms with Crippen LogP contribution in [0.3, 0.4) is 0 Å². The predicted molar refractivity (Wildman–Crippen MR) is 87.5 cm³/mol. The van der Waals surface area contributed by atoms with Gasteiger partial charge in [-0.1, -0.05) is 13.8 Å². The summed E-state index contributed by atoms with van der Waals surface area (Å²) in [6.45, 7) is 7.37. The minimum atomic E-state index is 0.0569. The highest BCUT2D eigenvalue weighted by Crippen LogP contribution is 2.35. The van der Waals surface area contributed by atoms with Crippen LogP contribution in [0.15, 0.2) is 18.3 Å². The van der Waals surface area contributed by atoms with Gasteiger partial charge in [0.2, 0.25) is 0 Å². The number of piperidine rings is 1. The van der Waals surface area contributed by atoms with E-state index in [4.69, 9.17) is 5.73 Å². The molecule has 0 aliphatic carbocycles. The molecule has 1 aliphatic rings. The Hall–Kier alpha value is -1.62. The number of hydrogen-bond donors (Lipinski definition) is 1. The molecule has 3 heterocycles. The third-order valence-corrected chi connectivity index (χ3v) is 5.68. The van der Waals surface area contributed by atoms with Gasteiger partial charge >= 0.3 is 0 Å². The van der Waals surface area contributed by atoms with Crippen molar-refractivity contribution in [1.82, 2.24) is 9.88 Å². The lowest BCUT2D eigenvalue weighted by atomic mass is 9.86. The number of aromatic nitrogens is 1. The zero-order valence-corrected chi connectivity index (χ0v) is 13.5. The van der Waals surface area contributed by atoms with Crippen molar-refractivity contribution >= 4 is 33.1 Å². The molecule has 2 aromatic rings. The monoisotopic (exact) mass is 303 g/mol. The van der Waals surface area contributed by atoms with E-state index >= 15 is 0 Å². The summed E-state index contributed by atoms with van der Waals surface area (Å²) in [5.41, 5.74) is 7.44. The van der Waals surface area contributed by atoms with E-state index in [-0.39, 0.29) is 11.9 Å². The predicted octanol–water partition coefficient (Wildman–Crippen LogP) is 3.39. The van der Waals surface area contributed by atoms with Gasteiger partial charge < -0.3 is 10.6 Å². The number of rotatable bonds is 1. The lowest BCUT2D eigenvalue weighted by Gasteiger charge is -2.41. The smallest absolute Gasteiger partial charge is 0.266 e. The van der Waals surface area contributed by atoms with E-state index in [0.29, 0.717) is 22.4 Å². The second-order valence-corrected chi connectivity index (χ2v) is 7.26. The molecule has 1 aliphatic heterocycles. The third-order valence-electron chi connectivity index (χ3n) is 4.54. The van der Waals surface area contributed by atoms with Gasteiger partial charge in [-0.3, -0.25) is 9.78 Å². The summed E-state index contributed by atoms with van der Waals surface area (Å²) in [4.78, 5) is 19.8. The van der Waals surface area contributed by atoms with E-state index in [1.165, 1.54) is 17.8 Å². The van der Waals surface area contributed by atoms with Gasteiger partial charge in [-0.15, -0.1) is 11.3 Å². The second kappa shape index (κ2) is 5.30. The Bertz CT molecular complexity index is 681. The van der Waals surface area contributed by atoms with Crippen molar-refractivity contribution in [2.45, 2.75) is 33.2 Å². The zero-order chi connectivity index (χ0) is 15.1. The molecule has 3 atom stereocenters. The average Bonchev–Trinajstić information content (AvgIpc) is 2.80. The van der Waals surface area contributed by atoms with E-state index in [1.54, 1.807) is 6.20 Å². The summed E-state index contributed by atoms with van der Waals surface area (Å²) in [5, 5.41) is 0. The highest BCUT2D eigenvalue weighted by atomic mass is 32.1. The summed E-state index contributed by atoms with van der Waals surface area (Å²) in [6.07, 6.45) is 2.89. The molecule has 1 saturated heterocycles. The van der Waals surface area contributed by atoms with Crippen molar-refractivity contribution in [3.05, 3.63) is 23.2 Å². The fourth-order valence-electron chi connectivity index (χ4n) is 3.22. The molecule has 5 heteroatoms. The number of thiophene rings is 1. The highest BCUT2D eigenvalue weighted by Gasteiger charge is 2.34. The van der Waals surface area contributed by atoms with Crippen LogP contribution in [0.25, 0.3) is 10.2 Å². The van der Waals surface area contributed by atoms with Crippen molar-refractivity contribution in [1.29, 1.82) is 0 Å². The molecule has 0 radical (unpaired) electrons. The van der Waals surface area contributed by atoms with Crippen LogP contribution in [-0.4, -0.2) is 28.4 Å². The van der Waals surface area contributed by atoms with E-state index in [2.05, 4.69) is 25.8 Å². The Morgan fingerprint density at radius 1 is 1.43 bits per heavy atom. The van der Waals surface area contributed by atoms with Crippen LogP contribution in [-0.2, 0) is 0 Å². The first-order valence-corrected chi connectivity index (χ1v) is 8.24. The summed E-state index contributed by atoms with van der Waals surface area (Å²) in [5.74, 6) is 1.11. The number of likely N-dealkylation sites (tertiary alicyclic amines) is 1. The maximum absolute atomic E-state index is 12.9. The fraction of sp³-hybridized carbons (Fsp3) is 0.500. The summed E-state index contributed by atoms with van der Waals surface area (Å²) in [6, 6.07) is 4.09. The van der Waals surface area contributed by atoms with Gasteiger partial charge in [0.15, 0.2) is 0 Å². The van der Waals surface area contributed by atoms with Gasteiger partial charge in [0.25, 0.3) is 5.91 Å². The molecule has 21 heavy (non-hydrogen) atoms. The molecule has 0 spiro atoms. The first kappa shape index (κ1) is 14.3. The summed E-state index contributed by atoms with van der Waals surface area (Å²) in [7, 11) is 0. The molecule has 0 aromatic carbocycles. The van der Waals surface area contributed by atoms with Crippen molar-refractivity contribution in [2.24, 2.45) is 11.8 Å². The molecule has 1 amide bonds. The van der Waals surface area contributed by atoms with Crippen LogP contribution in [0, 0.1) is 11.8 Å². The molecule has 3 rings (SSSR count). The largest absolute Gasteiger partial charge is 0.396 e. The third kappa shape index (κ3) is 2.39. The molecule has 3 unspecified atom stereocenters. The topological polar surface area (TPSA) is 59.2 Å². The van der Waals surface area contributed by atoms with Crippen LogP contribution in [0.5, 0.6) is 0 Å². The van der Waals surface area contributed by atoms with E-state index in [1.807, 2.05) is 17.0 Å². The van der Waals surface area contributed by atoms with Crippen molar-refractivity contribution < 1.29 is 4.79 Å². The van der Waals surface area contributed by atoms with Crippen LogP contribution >= 0.6 is 11.3 Å². The van der Waals surface area contributed by atoms with Gasteiger partial charge in [-0.05, 0) is 37.3 Å². The minimum Gasteiger partial charge on any atom is -0.396 e. The number of anilines is 1. The van der Waals surface area contributed by atoms with Crippen molar-refractivity contribution in [2.75, 3.05) is 12.3 Å². The van der Waals surface area contributed by atoms with E-state index < -0.39 is 0 Å². The molecule has 0 saturated carbocycles. The molecule has 112 valence electrons. The Kier molecular flexibility index (Phi) is 3.61. The normalized spacial score (nSPS) is 26.2. The fourth-order valence-corrected chi connectivity index (χ4v) is 4.26. The average molecular weight is 303 g/mol. The number of nitrogen functional groups attached to an aromatic ring is 1. The Labute approximate surface area is 129 Å². The van der Waals surface area contributed by atoms with Gasteiger partial charge in [-0.25, -0.2) is 0 Å². The Morgan fingerprint density at radius 2 is 2.19 bits per heavy atom. The van der Waals surface area contributed by atoms with Gasteiger partial charge in [0.1, 0.15) is 10.4 Å². The van der Waals surface area contributed by atoms with Crippen molar-refractivity contribution in [3.63, 3.8) is 0 Å². The Morgan fingerprint density at radius 3 is 2.90 bits per heavy atom. The quantitative estimate of drug-likeness (QED) is 0.878. The van der Waals surface area contributed by atoms with Crippen molar-refractivity contribution in [3.8, 4) is 0 Å². The minimum absolute atomic E-state index is 0.0569. The molecule has 4 nitrogen and oxygen atoms in total. The first-order chi connectivity index (χ1) is 9.99. The standard InChI is InChI=1S/C16H21N3OS/c1-9-7-10(2)11(3)19(8-9)16(20)15-13(17)14-12(21-15)5-4-6-18-14/h4-6,9-11H,7-8,17H2,1-3H3. The van der Waals surface area contributed by atoms with Crippen LogP contribution < -0.4 is 5.73 Å². The number of hydrogen-bond acceptors (Lipinski definition) is 4. The lowest BCUT2D eigenvalue weighted by Crippen LogP contribution is -2.48. The Balaban J connectivity index is 1.98. The number of fused-ring (bicyclic) bond motifs is 1. The van der Waals surface area contributed by atoms with Crippen LogP contribution in [0.4, 0.5) is 5.69 Å². The maximum atomic E-state index is 12.9. The number of carbonyl (C=O) groups excluding carboxylic acids is 1. The van der Waals surface area contributed by atoms with Crippen LogP contribution in [0.1, 0.15) is 36.9 Å².